The van der Waals surface area contributed by atoms with Gasteiger partial charge in [0.25, 0.3) is 0 Å². The summed E-state index contributed by atoms with van der Waals surface area (Å²) in [7, 11) is 0. The SMILES string of the molecule is c1ccc(N(c2ccc(N(c3ccc4c(c3)-c3ccccc3C4(c3ccccc3)c3ccccc3)c3ccc4c(c3)-c3ccccc3C4(c3ccccc3)c3ccccc3)cc2)c2ccc3c(c2)c2ccccc2n3-c2ccccc2)cc1. The third-order valence-electron chi connectivity index (χ3n) is 17.7. The fourth-order valence-electron chi connectivity index (χ4n) is 14.3. The lowest BCUT2D eigenvalue weighted by atomic mass is 9.67. The van der Waals surface area contributed by atoms with Crippen LogP contribution in [-0.2, 0) is 10.8 Å². The molecule has 0 fully saturated rings. The Hall–Kier alpha value is -10.7. The summed E-state index contributed by atoms with van der Waals surface area (Å²) in [6, 6.07) is 123. The molecule has 1 aromatic heterocycles. The highest BCUT2D eigenvalue weighted by molar-refractivity contribution is 6.11. The molecule has 16 rings (SSSR count). The number of rotatable bonds is 11. The van der Waals surface area contributed by atoms with Gasteiger partial charge in [-0.2, -0.15) is 0 Å². The molecule has 3 heteroatoms. The summed E-state index contributed by atoms with van der Waals surface area (Å²) in [5.41, 5.74) is 24.0. The van der Waals surface area contributed by atoms with Crippen molar-refractivity contribution in [3.05, 3.63) is 378 Å². The largest absolute Gasteiger partial charge is 0.310 e. The molecule has 3 nitrogen and oxygen atoms in total. The average molecular weight is 1060 g/mol. The van der Waals surface area contributed by atoms with Gasteiger partial charge in [0, 0.05) is 50.6 Å². The second kappa shape index (κ2) is 19.5. The number of fused-ring (bicyclic) bond motifs is 9. The number of hydrogen-bond acceptors (Lipinski definition) is 2. The van der Waals surface area contributed by atoms with Crippen LogP contribution >= 0.6 is 0 Å². The van der Waals surface area contributed by atoms with Crippen LogP contribution in [0.3, 0.4) is 0 Å². The predicted octanol–water partition coefficient (Wildman–Crippen LogP) is 20.4. The first-order valence-electron chi connectivity index (χ1n) is 28.7. The first-order chi connectivity index (χ1) is 41.2. The number of para-hydroxylation sites is 3. The van der Waals surface area contributed by atoms with Crippen molar-refractivity contribution >= 4 is 55.9 Å². The zero-order chi connectivity index (χ0) is 54.9. The normalized spacial score (nSPS) is 13.3. The summed E-state index contributed by atoms with van der Waals surface area (Å²) in [6.45, 7) is 0. The van der Waals surface area contributed by atoms with Gasteiger partial charge in [0.05, 0.1) is 21.9 Å². The Labute approximate surface area is 484 Å². The average Bonchev–Trinajstić information content (AvgIpc) is 3.98. The van der Waals surface area contributed by atoms with Crippen LogP contribution in [0.1, 0.15) is 44.5 Å². The lowest BCUT2D eigenvalue weighted by Gasteiger charge is -2.34. The minimum Gasteiger partial charge on any atom is -0.310 e. The highest BCUT2D eigenvalue weighted by atomic mass is 15.2. The minimum atomic E-state index is -0.519. The van der Waals surface area contributed by atoms with Gasteiger partial charge in [0.1, 0.15) is 0 Å². The van der Waals surface area contributed by atoms with Crippen LogP contribution < -0.4 is 9.80 Å². The molecule has 1 heterocycles. The molecule has 0 radical (unpaired) electrons. The second-order valence-corrected chi connectivity index (χ2v) is 21.9. The molecule has 13 aromatic carbocycles. The van der Waals surface area contributed by atoms with Gasteiger partial charge in [-0.15, -0.1) is 0 Å². The van der Waals surface area contributed by atoms with Crippen LogP contribution in [0.15, 0.2) is 334 Å². The maximum absolute atomic E-state index is 2.48. The fourth-order valence-corrected chi connectivity index (χ4v) is 14.3. The van der Waals surface area contributed by atoms with Crippen LogP contribution in [0, 0.1) is 0 Å². The van der Waals surface area contributed by atoms with Crippen LogP contribution in [0.5, 0.6) is 0 Å². The number of anilines is 6. The molecule has 0 N–H and O–H groups in total. The molecule has 0 unspecified atom stereocenters. The molecule has 0 saturated carbocycles. The van der Waals surface area contributed by atoms with E-state index in [9.17, 15) is 0 Å². The van der Waals surface area contributed by atoms with Gasteiger partial charge >= 0.3 is 0 Å². The maximum Gasteiger partial charge on any atom is 0.0713 e. The second-order valence-electron chi connectivity index (χ2n) is 21.9. The van der Waals surface area contributed by atoms with Gasteiger partial charge in [-0.05, 0) is 164 Å². The lowest BCUT2D eigenvalue weighted by molar-refractivity contribution is 0.768. The predicted molar refractivity (Wildman–Crippen MR) is 345 cm³/mol. The summed E-state index contributed by atoms with van der Waals surface area (Å²) in [5, 5.41) is 2.42. The number of aromatic nitrogens is 1. The van der Waals surface area contributed by atoms with E-state index < -0.39 is 10.8 Å². The molecule has 390 valence electrons. The highest BCUT2D eigenvalue weighted by Crippen LogP contribution is 2.59. The first-order valence-corrected chi connectivity index (χ1v) is 28.7. The Balaban J connectivity index is 0.898. The van der Waals surface area contributed by atoms with Gasteiger partial charge in [-0.1, -0.05) is 237 Å². The highest BCUT2D eigenvalue weighted by Gasteiger charge is 2.48. The van der Waals surface area contributed by atoms with Gasteiger partial charge in [-0.3, -0.25) is 0 Å². The Morgan fingerprint density at radius 3 is 1.02 bits per heavy atom. The summed E-state index contributed by atoms with van der Waals surface area (Å²) in [4.78, 5) is 4.86. The van der Waals surface area contributed by atoms with Crippen molar-refractivity contribution in [2.24, 2.45) is 0 Å². The molecule has 0 saturated heterocycles. The smallest absolute Gasteiger partial charge is 0.0713 e. The summed E-state index contributed by atoms with van der Waals surface area (Å²) >= 11 is 0. The molecule has 2 aliphatic carbocycles. The Morgan fingerprint density at radius 2 is 0.542 bits per heavy atom. The molecular weight excluding hydrogens is 1000 g/mol. The maximum atomic E-state index is 2.48. The molecule has 0 spiro atoms. The molecule has 14 aromatic rings. The van der Waals surface area contributed by atoms with Crippen molar-refractivity contribution in [3.8, 4) is 27.9 Å². The van der Waals surface area contributed by atoms with E-state index in [0.29, 0.717) is 0 Å². The lowest BCUT2D eigenvalue weighted by Crippen LogP contribution is -2.28. The molecule has 0 atom stereocenters. The molecule has 83 heavy (non-hydrogen) atoms. The quantitative estimate of drug-likeness (QED) is 0.128. The standard InChI is InChI=1S/C80H55N3/c1-7-25-56(26-8-1)79(57-27-9-2-10-28-57)73-40-22-19-37-67(73)70-53-64(47-50-75(70)79)82(65-48-51-76-71(54-65)68-38-20-23-41-74(68)80(76,58-29-11-3-12-30-58)59-31-13-4-14-32-59)63-45-43-62(44-46-63)81(60-33-15-5-16-34-60)66-49-52-78-72(55-66)69-39-21-24-42-77(69)83(78)61-35-17-6-18-36-61/h1-55H. The van der Waals surface area contributed by atoms with E-state index >= 15 is 0 Å². The van der Waals surface area contributed by atoms with Gasteiger partial charge < -0.3 is 14.4 Å². The molecule has 0 aliphatic heterocycles. The van der Waals surface area contributed by atoms with Gasteiger partial charge in [0.15, 0.2) is 0 Å². The zero-order valence-electron chi connectivity index (χ0n) is 45.6. The Bertz CT molecular complexity index is 4450. The van der Waals surface area contributed by atoms with Crippen molar-refractivity contribution in [2.45, 2.75) is 10.8 Å². The van der Waals surface area contributed by atoms with Crippen molar-refractivity contribution in [1.82, 2.24) is 4.57 Å². The first kappa shape index (κ1) is 48.2. The summed E-state index contributed by atoms with van der Waals surface area (Å²) in [6.07, 6.45) is 0. The van der Waals surface area contributed by atoms with E-state index in [-0.39, 0.29) is 0 Å². The van der Waals surface area contributed by atoms with E-state index in [1.54, 1.807) is 0 Å². The zero-order valence-corrected chi connectivity index (χ0v) is 45.6. The van der Waals surface area contributed by atoms with Crippen molar-refractivity contribution in [2.75, 3.05) is 9.80 Å². The topological polar surface area (TPSA) is 11.4 Å². The number of benzene rings is 13. The van der Waals surface area contributed by atoms with Crippen LogP contribution in [0.2, 0.25) is 0 Å². The van der Waals surface area contributed by atoms with Gasteiger partial charge in [-0.25, -0.2) is 0 Å². The molecular formula is C80H55N3. The van der Waals surface area contributed by atoms with Gasteiger partial charge in [0.2, 0.25) is 0 Å². The molecule has 0 bridgehead atoms. The monoisotopic (exact) mass is 1060 g/mol. The van der Waals surface area contributed by atoms with E-state index in [0.717, 1.165) is 39.8 Å². The van der Waals surface area contributed by atoms with E-state index in [4.69, 9.17) is 0 Å². The van der Waals surface area contributed by atoms with Crippen molar-refractivity contribution in [1.29, 1.82) is 0 Å². The third-order valence-corrected chi connectivity index (χ3v) is 17.7. The van der Waals surface area contributed by atoms with Crippen LogP contribution in [0.25, 0.3) is 49.7 Å². The Kier molecular flexibility index (Phi) is 11.3. The third kappa shape index (κ3) is 7.38. The summed E-state index contributed by atoms with van der Waals surface area (Å²) in [5.74, 6) is 0. The van der Waals surface area contributed by atoms with Crippen molar-refractivity contribution < 1.29 is 0 Å². The van der Waals surface area contributed by atoms with Crippen molar-refractivity contribution in [3.63, 3.8) is 0 Å². The molecule has 0 amide bonds. The van der Waals surface area contributed by atoms with Crippen LogP contribution in [-0.4, -0.2) is 4.57 Å². The van der Waals surface area contributed by atoms with E-state index in [1.165, 1.54) is 88.6 Å². The van der Waals surface area contributed by atoms with E-state index in [1.807, 2.05) is 0 Å². The van der Waals surface area contributed by atoms with E-state index in [2.05, 4.69) is 348 Å². The number of hydrogen-bond donors (Lipinski definition) is 0. The molecule has 2 aliphatic rings. The summed E-state index contributed by atoms with van der Waals surface area (Å²) < 4.78 is 2.38. The fraction of sp³-hybridized carbons (Fsp3) is 0.0250. The number of nitrogens with zero attached hydrogens (tertiary/aromatic N) is 3. The minimum absolute atomic E-state index is 0.519. The van der Waals surface area contributed by atoms with Crippen LogP contribution in [0.4, 0.5) is 34.1 Å². The Morgan fingerprint density at radius 1 is 0.217 bits per heavy atom.